The van der Waals surface area contributed by atoms with E-state index in [2.05, 4.69) is 10.9 Å². The van der Waals surface area contributed by atoms with Gasteiger partial charge >= 0.3 is 0 Å². The zero-order valence-electron chi connectivity index (χ0n) is 17.4. The molecule has 1 aliphatic heterocycles. The van der Waals surface area contributed by atoms with Crippen LogP contribution in [-0.4, -0.2) is 57.4 Å². The zero-order chi connectivity index (χ0) is 22.4. The van der Waals surface area contributed by atoms with Gasteiger partial charge in [-0.15, -0.1) is 0 Å². The van der Waals surface area contributed by atoms with E-state index in [4.69, 9.17) is 9.47 Å². The molecule has 9 nitrogen and oxygen atoms in total. The highest BCUT2D eigenvalue weighted by atomic mass is 32.2. The molecule has 2 N–H and O–H groups in total. The van der Waals surface area contributed by atoms with Crippen LogP contribution in [0, 0.1) is 13.8 Å². The Bertz CT molecular complexity index is 1060. The van der Waals surface area contributed by atoms with Gasteiger partial charge < -0.3 is 9.47 Å². The van der Waals surface area contributed by atoms with Crippen molar-refractivity contribution < 1.29 is 27.5 Å². The van der Waals surface area contributed by atoms with Gasteiger partial charge in [0.15, 0.2) is 6.61 Å². The van der Waals surface area contributed by atoms with Crippen LogP contribution in [0.2, 0.25) is 0 Å². The summed E-state index contributed by atoms with van der Waals surface area (Å²) in [4.78, 5) is 24.4. The summed E-state index contributed by atoms with van der Waals surface area (Å²) in [5.41, 5.74) is 6.53. The number of morpholine rings is 1. The third-order valence-electron chi connectivity index (χ3n) is 4.72. The van der Waals surface area contributed by atoms with Crippen LogP contribution in [0.5, 0.6) is 5.75 Å². The summed E-state index contributed by atoms with van der Waals surface area (Å²) in [6, 6.07) is 11.3. The van der Waals surface area contributed by atoms with Crippen LogP contribution in [0.3, 0.4) is 0 Å². The highest BCUT2D eigenvalue weighted by Crippen LogP contribution is 2.19. The van der Waals surface area contributed by atoms with Gasteiger partial charge in [-0.25, -0.2) is 8.42 Å². The highest BCUT2D eigenvalue weighted by Gasteiger charge is 2.26. The Balaban J connectivity index is 1.57. The number of aryl methyl sites for hydroxylation is 2. The van der Waals surface area contributed by atoms with Crippen molar-refractivity contribution in [3.05, 3.63) is 59.2 Å². The maximum Gasteiger partial charge on any atom is 0.276 e. The summed E-state index contributed by atoms with van der Waals surface area (Å²) >= 11 is 0. The Morgan fingerprint density at radius 1 is 1.06 bits per heavy atom. The lowest BCUT2D eigenvalue weighted by atomic mass is 10.1. The first kappa shape index (κ1) is 22.7. The molecular formula is C21H25N3O6S. The van der Waals surface area contributed by atoms with Crippen LogP contribution < -0.4 is 15.6 Å². The van der Waals surface area contributed by atoms with E-state index < -0.39 is 21.8 Å². The third kappa shape index (κ3) is 5.81. The number of rotatable bonds is 6. The maximum absolute atomic E-state index is 12.8. The fraction of sp³-hybridized carbons (Fsp3) is 0.333. The van der Waals surface area contributed by atoms with Gasteiger partial charge in [0.05, 0.1) is 18.1 Å². The number of amides is 2. The van der Waals surface area contributed by atoms with Crippen molar-refractivity contribution in [2.45, 2.75) is 18.7 Å². The van der Waals surface area contributed by atoms with Crippen LogP contribution in [0.25, 0.3) is 0 Å². The van der Waals surface area contributed by atoms with E-state index >= 15 is 0 Å². The average Bonchev–Trinajstić information content (AvgIpc) is 2.78. The van der Waals surface area contributed by atoms with Crippen LogP contribution in [-0.2, 0) is 19.6 Å². The topological polar surface area (TPSA) is 114 Å². The fourth-order valence-corrected chi connectivity index (χ4v) is 4.43. The molecule has 2 amide bonds. The molecule has 0 atom stereocenters. The minimum atomic E-state index is -3.73. The second kappa shape index (κ2) is 9.90. The minimum Gasteiger partial charge on any atom is -0.483 e. The predicted molar refractivity (Wildman–Crippen MR) is 113 cm³/mol. The van der Waals surface area contributed by atoms with Crippen molar-refractivity contribution in [2.24, 2.45) is 0 Å². The summed E-state index contributed by atoms with van der Waals surface area (Å²) in [6.07, 6.45) is 0. The fourth-order valence-electron chi connectivity index (χ4n) is 2.97. The van der Waals surface area contributed by atoms with Crippen molar-refractivity contribution in [2.75, 3.05) is 32.9 Å². The van der Waals surface area contributed by atoms with E-state index in [-0.39, 0.29) is 30.2 Å². The van der Waals surface area contributed by atoms with Gasteiger partial charge in [0.1, 0.15) is 5.75 Å². The molecule has 0 bridgehead atoms. The number of hydrazine groups is 1. The summed E-state index contributed by atoms with van der Waals surface area (Å²) in [6.45, 7) is 4.68. The first-order valence-electron chi connectivity index (χ1n) is 9.74. The van der Waals surface area contributed by atoms with Gasteiger partial charge in [-0.05, 0) is 49.2 Å². The van der Waals surface area contributed by atoms with E-state index in [1.807, 2.05) is 32.0 Å². The molecule has 2 aromatic carbocycles. The van der Waals surface area contributed by atoms with Crippen molar-refractivity contribution >= 4 is 21.8 Å². The molecule has 166 valence electrons. The predicted octanol–water partition coefficient (Wildman–Crippen LogP) is 1.16. The molecule has 0 unspecified atom stereocenters. The van der Waals surface area contributed by atoms with E-state index in [0.717, 1.165) is 11.1 Å². The quantitative estimate of drug-likeness (QED) is 0.643. The largest absolute Gasteiger partial charge is 0.483 e. The molecule has 31 heavy (non-hydrogen) atoms. The Morgan fingerprint density at radius 2 is 1.81 bits per heavy atom. The molecule has 1 fully saturated rings. The van der Waals surface area contributed by atoms with Crippen molar-refractivity contribution in [1.82, 2.24) is 15.2 Å². The molecule has 10 heteroatoms. The van der Waals surface area contributed by atoms with Crippen LogP contribution in [0.4, 0.5) is 0 Å². The third-order valence-corrected chi connectivity index (χ3v) is 6.62. The summed E-state index contributed by atoms with van der Waals surface area (Å²) in [5.74, 6) is -0.604. The molecule has 0 aliphatic carbocycles. The number of nitrogens with zero attached hydrogens (tertiary/aromatic N) is 1. The minimum absolute atomic E-state index is 0.00614. The van der Waals surface area contributed by atoms with Gasteiger partial charge in [0, 0.05) is 18.7 Å². The normalized spacial score (nSPS) is 14.6. The van der Waals surface area contributed by atoms with Crippen molar-refractivity contribution in [3.8, 4) is 5.75 Å². The van der Waals surface area contributed by atoms with Gasteiger partial charge in [0.25, 0.3) is 11.8 Å². The maximum atomic E-state index is 12.8. The molecule has 2 aromatic rings. The highest BCUT2D eigenvalue weighted by molar-refractivity contribution is 7.89. The lowest BCUT2D eigenvalue weighted by molar-refractivity contribution is -0.123. The smallest absolute Gasteiger partial charge is 0.276 e. The Morgan fingerprint density at radius 3 is 2.55 bits per heavy atom. The van der Waals surface area contributed by atoms with E-state index in [1.54, 1.807) is 0 Å². The van der Waals surface area contributed by atoms with Crippen LogP contribution >= 0.6 is 0 Å². The van der Waals surface area contributed by atoms with Gasteiger partial charge in [-0.3, -0.25) is 20.4 Å². The Hall–Kier alpha value is -2.95. The first-order valence-corrected chi connectivity index (χ1v) is 11.2. The second-order valence-corrected chi connectivity index (χ2v) is 9.04. The second-order valence-electron chi connectivity index (χ2n) is 7.10. The molecular weight excluding hydrogens is 422 g/mol. The molecule has 1 heterocycles. The molecule has 0 spiro atoms. The summed E-state index contributed by atoms with van der Waals surface area (Å²) < 4.78 is 37.5. The zero-order valence-corrected chi connectivity index (χ0v) is 18.2. The van der Waals surface area contributed by atoms with Crippen LogP contribution in [0.15, 0.2) is 47.4 Å². The molecule has 3 rings (SSSR count). The van der Waals surface area contributed by atoms with E-state index in [9.17, 15) is 18.0 Å². The van der Waals surface area contributed by atoms with E-state index in [0.29, 0.717) is 19.0 Å². The van der Waals surface area contributed by atoms with Crippen LogP contribution in [0.1, 0.15) is 21.5 Å². The number of hydrogen-bond acceptors (Lipinski definition) is 6. The van der Waals surface area contributed by atoms with Crippen molar-refractivity contribution in [1.29, 1.82) is 0 Å². The van der Waals surface area contributed by atoms with Gasteiger partial charge in [-0.1, -0.05) is 18.2 Å². The Labute approximate surface area is 181 Å². The SMILES string of the molecule is Cc1ccc(C)c(OCC(=O)NNC(=O)c2cccc(S(=O)(=O)N3CCOCC3)c2)c1. The average molecular weight is 448 g/mol. The van der Waals surface area contributed by atoms with Gasteiger partial charge in [-0.2, -0.15) is 4.31 Å². The summed E-state index contributed by atoms with van der Waals surface area (Å²) in [5, 5.41) is 0. The number of sulfonamides is 1. The molecule has 0 saturated carbocycles. The number of carbonyl (C=O) groups excluding carboxylic acids is 2. The number of ether oxygens (including phenoxy) is 2. The molecule has 0 radical (unpaired) electrons. The van der Waals surface area contributed by atoms with Crippen molar-refractivity contribution in [3.63, 3.8) is 0 Å². The first-order chi connectivity index (χ1) is 14.8. The Kier molecular flexibility index (Phi) is 7.26. The molecule has 1 aliphatic rings. The number of hydrogen-bond donors (Lipinski definition) is 2. The monoisotopic (exact) mass is 447 g/mol. The number of nitrogens with one attached hydrogen (secondary N) is 2. The lowest BCUT2D eigenvalue weighted by Gasteiger charge is -2.26. The summed E-state index contributed by atoms with van der Waals surface area (Å²) in [7, 11) is -3.73. The number of carbonyl (C=O) groups is 2. The van der Waals surface area contributed by atoms with E-state index in [1.165, 1.54) is 28.6 Å². The number of benzene rings is 2. The van der Waals surface area contributed by atoms with Gasteiger partial charge in [0.2, 0.25) is 10.0 Å². The lowest BCUT2D eigenvalue weighted by Crippen LogP contribution is -2.44. The standard InChI is InChI=1S/C21H25N3O6S/c1-15-6-7-16(2)19(12-15)30-14-20(25)22-23-21(26)17-4-3-5-18(13-17)31(27,28)24-8-10-29-11-9-24/h3-7,12-13H,8-11,14H2,1-2H3,(H,22,25)(H,23,26). The molecule has 1 saturated heterocycles. The molecule has 0 aromatic heterocycles.